The van der Waals surface area contributed by atoms with Gasteiger partial charge >= 0.3 is 0 Å². The van der Waals surface area contributed by atoms with Crippen LogP contribution in [0.4, 0.5) is 11.4 Å². The van der Waals surface area contributed by atoms with Crippen molar-refractivity contribution in [3.05, 3.63) is 59.7 Å². The molecule has 3 rings (SSSR count). The van der Waals surface area contributed by atoms with Crippen LogP contribution in [-0.4, -0.2) is 12.1 Å². The highest BCUT2D eigenvalue weighted by atomic mass is 15.3. The molecule has 1 heterocycles. The lowest BCUT2D eigenvalue weighted by Crippen LogP contribution is -2.51. The van der Waals surface area contributed by atoms with Crippen LogP contribution in [0.25, 0.3) is 0 Å². The highest BCUT2D eigenvalue weighted by Crippen LogP contribution is 2.37. The second kappa shape index (κ2) is 5.59. The smallest absolute Gasteiger partial charge is 0.0610 e. The van der Waals surface area contributed by atoms with Crippen molar-refractivity contribution in [2.24, 2.45) is 0 Å². The van der Waals surface area contributed by atoms with E-state index >= 15 is 0 Å². The first-order valence-electron chi connectivity index (χ1n) is 8.47. The van der Waals surface area contributed by atoms with Crippen LogP contribution in [0.15, 0.2) is 48.5 Å². The first kappa shape index (κ1) is 15.9. The maximum Gasteiger partial charge on any atom is 0.0610 e. The Balaban J connectivity index is 1.89. The van der Waals surface area contributed by atoms with E-state index < -0.39 is 0 Å². The molecule has 0 atom stereocenters. The summed E-state index contributed by atoms with van der Waals surface area (Å²) in [6, 6.07) is 17.7. The van der Waals surface area contributed by atoms with E-state index in [1.807, 2.05) is 0 Å². The van der Waals surface area contributed by atoms with Crippen LogP contribution >= 0.6 is 0 Å². The third-order valence-electron chi connectivity index (χ3n) is 4.80. The van der Waals surface area contributed by atoms with Crippen LogP contribution < -0.4 is 10.2 Å². The van der Waals surface area contributed by atoms with E-state index in [1.165, 1.54) is 22.5 Å². The standard InChI is InChI=1S/C21H28N2/c1-20(2,3)17-12-10-16(11-13-17)14-23-19-9-7-6-8-18(19)22-15-21(23,4)5/h6-13,22H,14-15H2,1-5H3. The molecule has 2 aromatic rings. The molecule has 0 radical (unpaired) electrons. The maximum absolute atomic E-state index is 3.56. The fraction of sp³-hybridized carbons (Fsp3) is 0.429. The third kappa shape index (κ3) is 3.21. The summed E-state index contributed by atoms with van der Waals surface area (Å²) in [7, 11) is 0. The van der Waals surface area contributed by atoms with Gasteiger partial charge in [0, 0.05) is 13.1 Å². The van der Waals surface area contributed by atoms with Crippen LogP contribution in [0.5, 0.6) is 0 Å². The minimum absolute atomic E-state index is 0.0943. The molecule has 0 unspecified atom stereocenters. The Hall–Kier alpha value is -1.96. The van der Waals surface area contributed by atoms with Crippen molar-refractivity contribution in [2.45, 2.75) is 52.1 Å². The Morgan fingerprint density at radius 1 is 1.00 bits per heavy atom. The minimum atomic E-state index is 0.0943. The van der Waals surface area contributed by atoms with Crippen molar-refractivity contribution in [2.75, 3.05) is 16.8 Å². The molecule has 1 N–H and O–H groups in total. The summed E-state index contributed by atoms with van der Waals surface area (Å²) in [6.07, 6.45) is 0. The maximum atomic E-state index is 3.56. The van der Waals surface area contributed by atoms with Gasteiger partial charge < -0.3 is 10.2 Å². The van der Waals surface area contributed by atoms with Crippen LogP contribution in [0.3, 0.4) is 0 Å². The second-order valence-electron chi connectivity index (χ2n) is 8.22. The molecule has 1 aliphatic rings. The average molecular weight is 308 g/mol. The molecule has 122 valence electrons. The van der Waals surface area contributed by atoms with Crippen LogP contribution in [0.1, 0.15) is 45.7 Å². The molecular weight excluding hydrogens is 280 g/mol. The Kier molecular flexibility index (Phi) is 3.87. The van der Waals surface area contributed by atoms with Gasteiger partial charge in [-0.3, -0.25) is 0 Å². The second-order valence-corrected chi connectivity index (χ2v) is 8.22. The number of rotatable bonds is 2. The molecule has 2 heteroatoms. The van der Waals surface area contributed by atoms with E-state index in [0.29, 0.717) is 0 Å². The van der Waals surface area contributed by atoms with Crippen molar-refractivity contribution in [3.8, 4) is 0 Å². The number of fused-ring (bicyclic) bond motifs is 1. The van der Waals surface area contributed by atoms with Crippen molar-refractivity contribution < 1.29 is 0 Å². The number of nitrogens with one attached hydrogen (secondary N) is 1. The van der Waals surface area contributed by atoms with E-state index in [0.717, 1.165) is 13.1 Å². The fourth-order valence-electron chi connectivity index (χ4n) is 3.18. The molecule has 0 amide bonds. The number of anilines is 2. The first-order chi connectivity index (χ1) is 10.8. The lowest BCUT2D eigenvalue weighted by Gasteiger charge is -2.45. The van der Waals surface area contributed by atoms with Gasteiger partial charge in [-0.25, -0.2) is 0 Å². The zero-order valence-corrected chi connectivity index (χ0v) is 15.0. The highest BCUT2D eigenvalue weighted by molar-refractivity contribution is 5.73. The van der Waals surface area contributed by atoms with Crippen molar-refractivity contribution in [3.63, 3.8) is 0 Å². The summed E-state index contributed by atoms with van der Waals surface area (Å²) in [5.74, 6) is 0. The Labute approximate surface area is 140 Å². The molecule has 0 spiro atoms. The van der Waals surface area contributed by atoms with Gasteiger partial charge in [0.2, 0.25) is 0 Å². The minimum Gasteiger partial charge on any atom is -0.381 e. The number of benzene rings is 2. The third-order valence-corrected chi connectivity index (χ3v) is 4.80. The summed E-state index contributed by atoms with van der Waals surface area (Å²) in [5.41, 5.74) is 5.59. The summed E-state index contributed by atoms with van der Waals surface area (Å²) < 4.78 is 0. The monoisotopic (exact) mass is 308 g/mol. The van der Waals surface area contributed by atoms with Gasteiger partial charge in [-0.15, -0.1) is 0 Å². The van der Waals surface area contributed by atoms with E-state index in [9.17, 15) is 0 Å². The van der Waals surface area contributed by atoms with E-state index in [-0.39, 0.29) is 11.0 Å². The van der Waals surface area contributed by atoms with Crippen LogP contribution in [0, 0.1) is 0 Å². The zero-order chi connectivity index (χ0) is 16.7. The van der Waals surface area contributed by atoms with Gasteiger partial charge in [0.05, 0.1) is 16.9 Å². The van der Waals surface area contributed by atoms with Crippen molar-refractivity contribution >= 4 is 11.4 Å². The normalized spacial score (nSPS) is 16.7. The zero-order valence-electron chi connectivity index (χ0n) is 15.0. The van der Waals surface area contributed by atoms with Gasteiger partial charge in [0.25, 0.3) is 0 Å². The molecule has 2 aromatic carbocycles. The fourth-order valence-corrected chi connectivity index (χ4v) is 3.18. The SMILES string of the molecule is CC(C)(C)c1ccc(CN2c3ccccc3NCC2(C)C)cc1. The molecule has 0 fully saturated rings. The quantitative estimate of drug-likeness (QED) is 0.821. The molecule has 2 nitrogen and oxygen atoms in total. The largest absolute Gasteiger partial charge is 0.381 e. The molecular formula is C21H28N2. The van der Waals surface area contributed by atoms with Crippen LogP contribution in [-0.2, 0) is 12.0 Å². The van der Waals surface area contributed by atoms with Gasteiger partial charge in [-0.05, 0) is 42.5 Å². The number of nitrogens with zero attached hydrogens (tertiary/aromatic N) is 1. The molecule has 0 bridgehead atoms. The number of para-hydroxylation sites is 2. The molecule has 0 aliphatic carbocycles. The van der Waals surface area contributed by atoms with Crippen molar-refractivity contribution in [1.29, 1.82) is 0 Å². The van der Waals surface area contributed by atoms with Crippen LogP contribution in [0.2, 0.25) is 0 Å². The Morgan fingerprint density at radius 2 is 1.65 bits per heavy atom. The predicted molar refractivity (Wildman–Crippen MR) is 100 cm³/mol. The summed E-state index contributed by atoms with van der Waals surface area (Å²) in [6.45, 7) is 13.3. The van der Waals surface area contributed by atoms with E-state index in [4.69, 9.17) is 0 Å². The molecule has 0 saturated carbocycles. The summed E-state index contributed by atoms with van der Waals surface area (Å²) in [5, 5.41) is 3.56. The summed E-state index contributed by atoms with van der Waals surface area (Å²) >= 11 is 0. The molecule has 0 saturated heterocycles. The van der Waals surface area contributed by atoms with E-state index in [2.05, 4.69) is 93.4 Å². The molecule has 23 heavy (non-hydrogen) atoms. The van der Waals surface area contributed by atoms with Gasteiger partial charge in [-0.2, -0.15) is 0 Å². The van der Waals surface area contributed by atoms with E-state index in [1.54, 1.807) is 0 Å². The van der Waals surface area contributed by atoms with Gasteiger partial charge in [0.15, 0.2) is 0 Å². The number of hydrogen-bond acceptors (Lipinski definition) is 2. The first-order valence-corrected chi connectivity index (χ1v) is 8.47. The van der Waals surface area contributed by atoms with Gasteiger partial charge in [0.1, 0.15) is 0 Å². The highest BCUT2D eigenvalue weighted by Gasteiger charge is 2.32. The van der Waals surface area contributed by atoms with Crippen molar-refractivity contribution in [1.82, 2.24) is 0 Å². The summed E-state index contributed by atoms with van der Waals surface area (Å²) in [4.78, 5) is 2.52. The molecule has 1 aliphatic heterocycles. The topological polar surface area (TPSA) is 15.3 Å². The average Bonchev–Trinajstić information content (AvgIpc) is 2.50. The van der Waals surface area contributed by atoms with Gasteiger partial charge in [-0.1, -0.05) is 57.2 Å². The predicted octanol–water partition coefficient (Wildman–Crippen LogP) is 5.19. The Bertz CT molecular complexity index is 678. The lowest BCUT2D eigenvalue weighted by molar-refractivity contribution is 0.469. The number of hydrogen-bond donors (Lipinski definition) is 1. The molecule has 0 aromatic heterocycles. The Morgan fingerprint density at radius 3 is 2.30 bits per heavy atom. The lowest BCUT2D eigenvalue weighted by atomic mass is 9.86.